The van der Waals surface area contributed by atoms with Crippen molar-refractivity contribution in [2.45, 2.75) is 26.0 Å². The molecule has 0 fully saturated rings. The van der Waals surface area contributed by atoms with Crippen LogP contribution >= 0.6 is 0 Å². The zero-order valence-corrected chi connectivity index (χ0v) is 12.5. The largest absolute Gasteiger partial charge is 0.386 e. The van der Waals surface area contributed by atoms with E-state index >= 15 is 0 Å². The fraction of sp³-hybridized carbons (Fsp3) is 0.235. The predicted octanol–water partition coefficient (Wildman–Crippen LogP) is 3.38. The van der Waals surface area contributed by atoms with Crippen molar-refractivity contribution in [3.05, 3.63) is 65.5 Å². The second-order valence-electron chi connectivity index (χ2n) is 5.20. The van der Waals surface area contributed by atoms with E-state index in [4.69, 9.17) is 0 Å². The molecule has 0 radical (unpaired) electrons. The van der Waals surface area contributed by atoms with E-state index in [9.17, 15) is 14.3 Å². The number of amides is 2. The molecule has 2 amide bonds. The van der Waals surface area contributed by atoms with E-state index in [1.165, 1.54) is 24.3 Å². The van der Waals surface area contributed by atoms with Crippen LogP contribution in [-0.2, 0) is 0 Å². The molecule has 4 nitrogen and oxygen atoms in total. The summed E-state index contributed by atoms with van der Waals surface area (Å²) in [6.45, 7) is 3.58. The van der Waals surface area contributed by atoms with Gasteiger partial charge in [0, 0.05) is 5.69 Å². The van der Waals surface area contributed by atoms with Gasteiger partial charge in [-0.1, -0.05) is 30.3 Å². The van der Waals surface area contributed by atoms with Gasteiger partial charge in [0.25, 0.3) is 0 Å². The SMILES string of the molecule is Cc1ccccc1NC(=O)NC(C)C(O)c1ccc(F)cc1. The van der Waals surface area contributed by atoms with E-state index in [0.717, 1.165) is 5.56 Å². The van der Waals surface area contributed by atoms with Crippen LogP contribution in [0.1, 0.15) is 24.2 Å². The minimum absolute atomic E-state index is 0.367. The van der Waals surface area contributed by atoms with Gasteiger partial charge in [0.2, 0.25) is 0 Å². The number of benzene rings is 2. The number of halogens is 1. The maximum absolute atomic E-state index is 12.9. The molecule has 3 N–H and O–H groups in total. The van der Waals surface area contributed by atoms with Crippen LogP contribution < -0.4 is 10.6 Å². The summed E-state index contributed by atoms with van der Waals surface area (Å²) in [4.78, 5) is 12.0. The summed E-state index contributed by atoms with van der Waals surface area (Å²) in [5.74, 6) is -0.367. The van der Waals surface area contributed by atoms with Crippen molar-refractivity contribution in [2.75, 3.05) is 5.32 Å². The molecule has 116 valence electrons. The molecule has 0 aromatic heterocycles. The minimum atomic E-state index is -0.914. The van der Waals surface area contributed by atoms with Crippen LogP contribution in [0.4, 0.5) is 14.9 Å². The van der Waals surface area contributed by atoms with Gasteiger partial charge in [0.15, 0.2) is 0 Å². The summed E-state index contributed by atoms with van der Waals surface area (Å²) in [5, 5.41) is 15.6. The standard InChI is InChI=1S/C17H19FN2O2/c1-11-5-3-4-6-15(11)20-17(22)19-12(2)16(21)13-7-9-14(18)10-8-13/h3-10,12,16,21H,1-2H3,(H2,19,20,22). The number of carbonyl (C=O) groups excluding carboxylic acids is 1. The summed E-state index contributed by atoms with van der Waals surface area (Å²) >= 11 is 0. The number of aryl methyl sites for hydroxylation is 1. The fourth-order valence-electron chi connectivity index (χ4n) is 2.11. The molecule has 2 unspecified atom stereocenters. The summed E-state index contributed by atoms with van der Waals surface area (Å²) in [6, 6.07) is 12.0. The third kappa shape index (κ3) is 4.05. The van der Waals surface area contributed by atoms with Crippen LogP contribution in [0, 0.1) is 12.7 Å². The Morgan fingerprint density at radius 3 is 2.41 bits per heavy atom. The van der Waals surface area contributed by atoms with Crippen LogP contribution in [0.25, 0.3) is 0 Å². The van der Waals surface area contributed by atoms with E-state index in [2.05, 4.69) is 10.6 Å². The fourth-order valence-corrected chi connectivity index (χ4v) is 2.11. The number of para-hydroxylation sites is 1. The van der Waals surface area contributed by atoms with Crippen LogP contribution in [0.3, 0.4) is 0 Å². The van der Waals surface area contributed by atoms with Crippen molar-refractivity contribution in [3.8, 4) is 0 Å². The number of urea groups is 1. The average molecular weight is 302 g/mol. The lowest BCUT2D eigenvalue weighted by Gasteiger charge is -2.21. The monoisotopic (exact) mass is 302 g/mol. The summed E-state index contributed by atoms with van der Waals surface area (Å²) < 4.78 is 12.9. The molecular weight excluding hydrogens is 283 g/mol. The van der Waals surface area contributed by atoms with Crippen LogP contribution in [0.15, 0.2) is 48.5 Å². The second-order valence-corrected chi connectivity index (χ2v) is 5.20. The molecule has 2 aromatic carbocycles. The molecule has 0 bridgehead atoms. The topological polar surface area (TPSA) is 61.4 Å². The predicted molar refractivity (Wildman–Crippen MR) is 84.2 cm³/mol. The average Bonchev–Trinajstić information content (AvgIpc) is 2.49. The molecule has 2 atom stereocenters. The maximum atomic E-state index is 12.9. The molecule has 0 aliphatic heterocycles. The smallest absolute Gasteiger partial charge is 0.319 e. The Morgan fingerprint density at radius 2 is 1.77 bits per heavy atom. The highest BCUT2D eigenvalue weighted by Crippen LogP contribution is 2.18. The van der Waals surface area contributed by atoms with E-state index in [1.54, 1.807) is 13.0 Å². The summed E-state index contributed by atoms with van der Waals surface area (Å²) in [5.41, 5.74) is 2.21. The first kappa shape index (κ1) is 16.0. The van der Waals surface area contributed by atoms with E-state index in [0.29, 0.717) is 11.3 Å². The van der Waals surface area contributed by atoms with E-state index < -0.39 is 18.2 Å². The molecule has 0 heterocycles. The Bertz CT molecular complexity index is 643. The zero-order chi connectivity index (χ0) is 16.1. The Hall–Kier alpha value is -2.40. The van der Waals surface area contributed by atoms with Gasteiger partial charge < -0.3 is 15.7 Å². The Labute approximate surface area is 129 Å². The third-order valence-corrected chi connectivity index (χ3v) is 3.44. The van der Waals surface area contributed by atoms with Gasteiger partial charge in [0.1, 0.15) is 5.82 Å². The summed E-state index contributed by atoms with van der Waals surface area (Å²) in [6.07, 6.45) is -0.914. The van der Waals surface area contributed by atoms with Crippen molar-refractivity contribution in [2.24, 2.45) is 0 Å². The molecular formula is C17H19FN2O2. The first-order chi connectivity index (χ1) is 10.5. The molecule has 2 aromatic rings. The van der Waals surface area contributed by atoms with Gasteiger partial charge in [0.05, 0.1) is 12.1 Å². The molecule has 0 aliphatic carbocycles. The Kier molecular flexibility index (Phi) is 5.12. The quantitative estimate of drug-likeness (QED) is 0.811. The first-order valence-electron chi connectivity index (χ1n) is 7.04. The molecule has 0 saturated heterocycles. The van der Waals surface area contributed by atoms with E-state index in [1.807, 2.05) is 25.1 Å². The van der Waals surface area contributed by atoms with Crippen LogP contribution in [-0.4, -0.2) is 17.2 Å². The summed E-state index contributed by atoms with van der Waals surface area (Å²) in [7, 11) is 0. The van der Waals surface area contributed by atoms with Gasteiger partial charge in [-0.2, -0.15) is 0 Å². The molecule has 2 rings (SSSR count). The van der Waals surface area contributed by atoms with Crippen molar-refractivity contribution in [3.63, 3.8) is 0 Å². The van der Waals surface area contributed by atoms with Crippen LogP contribution in [0.2, 0.25) is 0 Å². The number of rotatable bonds is 4. The molecule has 0 spiro atoms. The molecule has 0 aliphatic rings. The van der Waals surface area contributed by atoms with Gasteiger partial charge in [-0.05, 0) is 43.2 Å². The molecule has 22 heavy (non-hydrogen) atoms. The van der Waals surface area contributed by atoms with Crippen molar-refractivity contribution < 1.29 is 14.3 Å². The Balaban J connectivity index is 1.96. The van der Waals surface area contributed by atoms with Gasteiger partial charge in [-0.15, -0.1) is 0 Å². The highest BCUT2D eigenvalue weighted by Gasteiger charge is 2.18. The van der Waals surface area contributed by atoms with E-state index in [-0.39, 0.29) is 5.82 Å². The third-order valence-electron chi connectivity index (χ3n) is 3.44. The highest BCUT2D eigenvalue weighted by atomic mass is 19.1. The van der Waals surface area contributed by atoms with Crippen molar-refractivity contribution >= 4 is 11.7 Å². The number of hydrogen-bond donors (Lipinski definition) is 3. The van der Waals surface area contributed by atoms with Gasteiger partial charge >= 0.3 is 6.03 Å². The lowest BCUT2D eigenvalue weighted by atomic mass is 10.0. The van der Waals surface area contributed by atoms with Crippen LogP contribution in [0.5, 0.6) is 0 Å². The van der Waals surface area contributed by atoms with Gasteiger partial charge in [-0.3, -0.25) is 0 Å². The lowest BCUT2D eigenvalue weighted by Crippen LogP contribution is -2.39. The number of hydrogen-bond acceptors (Lipinski definition) is 2. The Morgan fingerprint density at radius 1 is 1.14 bits per heavy atom. The number of nitrogens with one attached hydrogen (secondary N) is 2. The maximum Gasteiger partial charge on any atom is 0.319 e. The molecule has 0 saturated carbocycles. The number of carbonyl (C=O) groups is 1. The normalized spacial score (nSPS) is 13.3. The second kappa shape index (κ2) is 7.04. The lowest BCUT2D eigenvalue weighted by molar-refractivity contribution is 0.139. The zero-order valence-electron chi connectivity index (χ0n) is 12.5. The number of aliphatic hydroxyl groups excluding tert-OH is 1. The van der Waals surface area contributed by atoms with Crippen molar-refractivity contribution in [1.29, 1.82) is 0 Å². The number of anilines is 1. The van der Waals surface area contributed by atoms with Gasteiger partial charge in [-0.25, -0.2) is 9.18 Å². The first-order valence-corrected chi connectivity index (χ1v) is 7.04. The minimum Gasteiger partial charge on any atom is -0.386 e. The number of aliphatic hydroxyl groups is 1. The highest BCUT2D eigenvalue weighted by molar-refractivity contribution is 5.90. The molecule has 5 heteroatoms. The van der Waals surface area contributed by atoms with Crippen molar-refractivity contribution in [1.82, 2.24) is 5.32 Å².